The minimum Gasteiger partial charge on any atom is -0.493 e. The zero-order valence-electron chi connectivity index (χ0n) is 18.2. The van der Waals surface area contributed by atoms with Crippen LogP contribution < -0.4 is 19.0 Å². The molecule has 0 fully saturated rings. The van der Waals surface area contributed by atoms with Crippen LogP contribution in [0.5, 0.6) is 17.2 Å². The maximum atomic E-state index is 5.52. The molecular formula is C22H31N3O3S. The lowest BCUT2D eigenvalue weighted by atomic mass is 10.1. The van der Waals surface area contributed by atoms with E-state index >= 15 is 0 Å². The molecule has 0 unspecified atom stereocenters. The van der Waals surface area contributed by atoms with Gasteiger partial charge in [-0.25, -0.2) is 4.68 Å². The Bertz CT molecular complexity index is 899. The van der Waals surface area contributed by atoms with Crippen LogP contribution in [0.1, 0.15) is 33.6 Å². The maximum absolute atomic E-state index is 5.52. The Kier molecular flexibility index (Phi) is 8.51. The monoisotopic (exact) mass is 417 g/mol. The first kappa shape index (κ1) is 22.7. The molecule has 0 radical (unpaired) electrons. The first-order chi connectivity index (χ1) is 14.0. The Morgan fingerprint density at radius 3 is 2.24 bits per heavy atom. The highest BCUT2D eigenvalue weighted by atomic mass is 32.1. The van der Waals surface area contributed by atoms with Crippen LogP contribution in [0.2, 0.25) is 0 Å². The summed E-state index contributed by atoms with van der Waals surface area (Å²) < 4.78 is 18.4. The summed E-state index contributed by atoms with van der Waals surface area (Å²) >= 11 is 1.55. The molecule has 0 aliphatic rings. The molecule has 2 aromatic rings. The number of methoxy groups -OCH3 is 3. The summed E-state index contributed by atoms with van der Waals surface area (Å²) in [5, 5.41) is 6.83. The Morgan fingerprint density at radius 2 is 1.76 bits per heavy atom. The Morgan fingerprint density at radius 1 is 1.14 bits per heavy atom. The lowest BCUT2D eigenvalue weighted by Crippen LogP contribution is -2.14. The fourth-order valence-electron chi connectivity index (χ4n) is 2.81. The van der Waals surface area contributed by atoms with E-state index in [1.165, 1.54) is 0 Å². The molecular weight excluding hydrogens is 386 g/mol. The molecule has 0 N–H and O–H groups in total. The molecule has 0 amide bonds. The van der Waals surface area contributed by atoms with Crippen molar-refractivity contribution in [2.75, 3.05) is 27.9 Å². The molecule has 2 rings (SSSR count). The fourth-order valence-corrected chi connectivity index (χ4v) is 3.65. The summed E-state index contributed by atoms with van der Waals surface area (Å²) in [5.41, 5.74) is 2.83. The van der Waals surface area contributed by atoms with Crippen LogP contribution >= 0.6 is 11.3 Å². The molecule has 1 heterocycles. The number of aromatic nitrogens is 1. The number of rotatable bonds is 10. The van der Waals surface area contributed by atoms with Crippen molar-refractivity contribution < 1.29 is 14.2 Å². The van der Waals surface area contributed by atoms with E-state index in [9.17, 15) is 0 Å². The molecule has 158 valence electrons. The molecule has 1 aromatic carbocycles. The van der Waals surface area contributed by atoms with Gasteiger partial charge in [0.05, 0.1) is 33.6 Å². The summed E-state index contributed by atoms with van der Waals surface area (Å²) in [6.07, 6.45) is 4.10. The quantitative estimate of drug-likeness (QED) is 0.404. The van der Waals surface area contributed by atoms with Gasteiger partial charge in [-0.05, 0) is 37.8 Å². The number of nitrogens with zero attached hydrogens (tertiary/aromatic N) is 3. The van der Waals surface area contributed by atoms with Gasteiger partial charge in [-0.15, -0.1) is 11.3 Å². The standard InChI is InChI=1S/C22H31N3O3S/c1-8-16(9-2)13-24-25-18(14-29-22(25)23-12-15(3)4)17-10-19(26-5)21(28-7)20(11-17)27-6/h10-11,13-14,16H,3,8-9,12H2,1-2,4-7H3. The van der Waals surface area contributed by atoms with Crippen molar-refractivity contribution in [1.29, 1.82) is 0 Å². The first-order valence-electron chi connectivity index (χ1n) is 9.69. The van der Waals surface area contributed by atoms with E-state index in [2.05, 4.69) is 25.4 Å². The summed E-state index contributed by atoms with van der Waals surface area (Å²) in [6, 6.07) is 3.85. The maximum Gasteiger partial charge on any atom is 0.206 e. The van der Waals surface area contributed by atoms with Gasteiger partial charge in [-0.3, -0.25) is 4.99 Å². The predicted molar refractivity (Wildman–Crippen MR) is 121 cm³/mol. The second-order valence-corrected chi connectivity index (χ2v) is 7.58. The minimum absolute atomic E-state index is 0.421. The molecule has 0 aliphatic heterocycles. The second kappa shape index (κ2) is 10.9. The molecule has 7 heteroatoms. The topological polar surface area (TPSA) is 57.3 Å². The molecule has 0 bridgehead atoms. The van der Waals surface area contributed by atoms with E-state index < -0.39 is 0 Å². The molecule has 1 aromatic heterocycles. The van der Waals surface area contributed by atoms with E-state index in [-0.39, 0.29) is 0 Å². The zero-order chi connectivity index (χ0) is 21.4. The van der Waals surface area contributed by atoms with Gasteiger partial charge in [-0.1, -0.05) is 26.0 Å². The lowest BCUT2D eigenvalue weighted by molar-refractivity contribution is 0.324. The van der Waals surface area contributed by atoms with Crippen molar-refractivity contribution in [3.8, 4) is 28.5 Å². The van der Waals surface area contributed by atoms with E-state index in [1.54, 1.807) is 32.7 Å². The highest BCUT2D eigenvalue weighted by Crippen LogP contribution is 2.41. The van der Waals surface area contributed by atoms with Crippen LogP contribution in [0.3, 0.4) is 0 Å². The van der Waals surface area contributed by atoms with Crippen molar-refractivity contribution >= 4 is 17.6 Å². The normalized spacial score (nSPS) is 12.0. The van der Waals surface area contributed by atoms with Crippen LogP contribution in [-0.2, 0) is 0 Å². The third-order valence-corrected chi connectivity index (χ3v) is 5.43. The van der Waals surface area contributed by atoms with Crippen LogP contribution in [0.15, 0.2) is 39.8 Å². The van der Waals surface area contributed by atoms with Crippen molar-refractivity contribution in [2.24, 2.45) is 16.0 Å². The van der Waals surface area contributed by atoms with Gasteiger partial charge in [0, 0.05) is 17.2 Å². The van der Waals surface area contributed by atoms with Gasteiger partial charge in [0.15, 0.2) is 11.5 Å². The predicted octanol–water partition coefficient (Wildman–Crippen LogP) is 4.99. The van der Waals surface area contributed by atoms with Crippen LogP contribution in [0.25, 0.3) is 11.3 Å². The van der Waals surface area contributed by atoms with Crippen molar-refractivity contribution in [3.05, 3.63) is 34.5 Å². The van der Waals surface area contributed by atoms with E-state index in [0.29, 0.717) is 29.7 Å². The number of hydrogen-bond donors (Lipinski definition) is 0. The number of ether oxygens (including phenoxy) is 3. The van der Waals surface area contributed by atoms with Gasteiger partial charge in [0.1, 0.15) is 0 Å². The fraction of sp³-hybridized carbons (Fsp3) is 0.455. The van der Waals surface area contributed by atoms with E-state index in [1.807, 2.05) is 35.3 Å². The van der Waals surface area contributed by atoms with Crippen molar-refractivity contribution in [1.82, 2.24) is 4.68 Å². The zero-order valence-corrected chi connectivity index (χ0v) is 19.0. The number of thiazole rings is 1. The average Bonchev–Trinajstić information content (AvgIpc) is 3.14. The number of benzene rings is 1. The summed E-state index contributed by atoms with van der Waals surface area (Å²) in [7, 11) is 4.82. The minimum atomic E-state index is 0.421. The lowest BCUT2D eigenvalue weighted by Gasteiger charge is -2.14. The molecule has 0 saturated carbocycles. The SMILES string of the molecule is C=C(C)CN=c1scc(-c2cc(OC)c(OC)c(OC)c2)n1N=CC(CC)CC. The highest BCUT2D eigenvalue weighted by molar-refractivity contribution is 7.07. The van der Waals surface area contributed by atoms with Crippen molar-refractivity contribution in [3.63, 3.8) is 0 Å². The largest absolute Gasteiger partial charge is 0.493 e. The Hall–Kier alpha value is -2.54. The number of hydrogen-bond acceptors (Lipinski definition) is 6. The van der Waals surface area contributed by atoms with Gasteiger partial charge in [0.2, 0.25) is 10.6 Å². The summed E-state index contributed by atoms with van der Waals surface area (Å²) in [6.45, 7) is 10.8. The third kappa shape index (κ3) is 5.50. The molecule has 0 saturated heterocycles. The van der Waals surface area contributed by atoms with E-state index in [4.69, 9.17) is 19.3 Å². The van der Waals surface area contributed by atoms with Crippen LogP contribution in [0, 0.1) is 5.92 Å². The highest BCUT2D eigenvalue weighted by Gasteiger charge is 2.17. The molecule has 0 spiro atoms. The average molecular weight is 418 g/mol. The van der Waals surface area contributed by atoms with Crippen molar-refractivity contribution in [2.45, 2.75) is 33.6 Å². The van der Waals surface area contributed by atoms with Gasteiger partial charge >= 0.3 is 0 Å². The Balaban J connectivity index is 2.66. The molecule has 6 nitrogen and oxygen atoms in total. The smallest absolute Gasteiger partial charge is 0.206 e. The summed E-state index contributed by atoms with van der Waals surface area (Å²) in [4.78, 5) is 5.50. The Labute approximate surface area is 177 Å². The van der Waals surface area contributed by atoms with Gasteiger partial charge in [-0.2, -0.15) is 5.10 Å². The first-order valence-corrected chi connectivity index (χ1v) is 10.6. The summed E-state index contributed by atoms with van der Waals surface area (Å²) in [5.74, 6) is 2.19. The van der Waals surface area contributed by atoms with Gasteiger partial charge in [0.25, 0.3) is 0 Å². The second-order valence-electron chi connectivity index (χ2n) is 6.74. The van der Waals surface area contributed by atoms with Gasteiger partial charge < -0.3 is 14.2 Å². The van der Waals surface area contributed by atoms with Crippen LogP contribution in [0.4, 0.5) is 0 Å². The van der Waals surface area contributed by atoms with E-state index in [0.717, 1.165) is 34.5 Å². The molecule has 29 heavy (non-hydrogen) atoms. The molecule has 0 aliphatic carbocycles. The third-order valence-electron chi connectivity index (χ3n) is 4.57. The molecule has 0 atom stereocenters. The van der Waals surface area contributed by atoms with Crippen LogP contribution in [-0.4, -0.2) is 38.8 Å².